The number of fused-ring (bicyclic) bond motifs is 1. The summed E-state index contributed by atoms with van der Waals surface area (Å²) >= 11 is 0. The highest BCUT2D eigenvalue weighted by Gasteiger charge is 2.43. The molecule has 1 aliphatic heterocycles. The molecule has 1 N–H and O–H groups in total. The molecule has 236 valence electrons. The molecule has 2 aromatic heterocycles. The number of aromatic nitrogens is 3. The zero-order valence-corrected chi connectivity index (χ0v) is 24.4. The second kappa shape index (κ2) is 10.7. The van der Waals surface area contributed by atoms with Gasteiger partial charge in [-0.25, -0.2) is 17.8 Å². The van der Waals surface area contributed by atoms with E-state index in [4.69, 9.17) is 9.68 Å². The molecule has 0 amide bonds. The molecule has 0 radical (unpaired) electrons. The van der Waals surface area contributed by atoms with Crippen LogP contribution in [0.5, 0.6) is 11.5 Å². The van der Waals surface area contributed by atoms with Crippen LogP contribution in [-0.2, 0) is 29.4 Å². The number of oxazole rings is 1. The van der Waals surface area contributed by atoms with Crippen LogP contribution < -0.4 is 9.47 Å². The lowest BCUT2D eigenvalue weighted by molar-refractivity contribution is -0.286. The van der Waals surface area contributed by atoms with Crippen LogP contribution in [0.2, 0.25) is 0 Å². The number of halogens is 5. The van der Waals surface area contributed by atoms with Gasteiger partial charge in [0, 0.05) is 35.6 Å². The first-order valence-electron chi connectivity index (χ1n) is 13.1. The Kier molecular flexibility index (Phi) is 7.13. The molecular formula is C30H19F5N4O6S. The van der Waals surface area contributed by atoms with Gasteiger partial charge in [-0.2, -0.15) is 19.1 Å². The minimum Gasteiger partial charge on any atom is -0.443 e. The van der Waals surface area contributed by atoms with Gasteiger partial charge < -0.3 is 19.0 Å². The number of aliphatic hydroxyl groups excluding tert-OH is 1. The molecule has 0 unspecified atom stereocenters. The third-order valence-corrected chi connectivity index (χ3v) is 8.33. The third kappa shape index (κ3) is 5.33. The molecule has 16 heteroatoms. The number of benzene rings is 3. The number of nitrogens with zero attached hydrogens (tertiary/aromatic N) is 4. The van der Waals surface area contributed by atoms with Crippen molar-refractivity contribution in [2.75, 3.05) is 6.26 Å². The predicted octanol–water partition coefficient (Wildman–Crippen LogP) is 6.05. The van der Waals surface area contributed by atoms with E-state index in [-0.39, 0.29) is 56.5 Å². The van der Waals surface area contributed by atoms with Crippen LogP contribution in [0.25, 0.3) is 45.0 Å². The Labute approximate surface area is 256 Å². The van der Waals surface area contributed by atoms with Gasteiger partial charge in [-0.3, -0.25) is 4.68 Å². The highest BCUT2D eigenvalue weighted by atomic mass is 32.2. The molecule has 6 rings (SSSR count). The molecule has 3 aromatic carbocycles. The Balaban J connectivity index is 1.58. The van der Waals surface area contributed by atoms with Crippen molar-refractivity contribution in [2.45, 2.75) is 23.7 Å². The van der Waals surface area contributed by atoms with Gasteiger partial charge >= 0.3 is 12.2 Å². The van der Waals surface area contributed by atoms with Crippen molar-refractivity contribution in [3.63, 3.8) is 0 Å². The lowest BCUT2D eigenvalue weighted by atomic mass is 9.93. The maximum atomic E-state index is 15.1. The van der Waals surface area contributed by atoms with Crippen molar-refractivity contribution in [3.05, 3.63) is 78.1 Å². The van der Waals surface area contributed by atoms with Crippen LogP contribution in [0.3, 0.4) is 0 Å². The second-order valence-corrected chi connectivity index (χ2v) is 12.2. The number of rotatable bonds is 7. The van der Waals surface area contributed by atoms with E-state index in [2.05, 4.69) is 19.6 Å². The van der Waals surface area contributed by atoms with Crippen molar-refractivity contribution >= 4 is 9.84 Å². The third-order valence-electron chi connectivity index (χ3n) is 7.17. The molecule has 0 bridgehead atoms. The molecule has 5 aromatic rings. The molecule has 0 atom stereocenters. The first-order chi connectivity index (χ1) is 21.6. The molecule has 3 heterocycles. The molecule has 0 spiro atoms. The number of hydrogen-bond donors (Lipinski definition) is 1. The van der Waals surface area contributed by atoms with Crippen LogP contribution in [-0.4, -0.2) is 40.8 Å². The SMILES string of the molecule is Cn1nc(C(F)(F)C#N)cc1-c1ccc(-c2cc(F)c(CO)c(S(C)(=O)=O)c2)cc1-c1ocnc1-c1ccc2c(c1)OC(F)(F)O2. The van der Waals surface area contributed by atoms with E-state index >= 15 is 4.39 Å². The zero-order chi connectivity index (χ0) is 33.2. The summed E-state index contributed by atoms with van der Waals surface area (Å²) in [4.78, 5) is 3.78. The number of alkyl halides is 4. The number of sulfone groups is 1. The summed E-state index contributed by atoms with van der Waals surface area (Å²) in [6.45, 7) is -0.877. The Bertz CT molecular complexity index is 2190. The quantitative estimate of drug-likeness (QED) is 0.207. The smallest absolute Gasteiger partial charge is 0.443 e. The fourth-order valence-corrected chi connectivity index (χ4v) is 6.02. The van der Waals surface area contributed by atoms with Crippen LogP contribution in [0.4, 0.5) is 22.0 Å². The van der Waals surface area contributed by atoms with Crippen molar-refractivity contribution in [1.82, 2.24) is 14.8 Å². The Morgan fingerprint density at radius 2 is 1.72 bits per heavy atom. The van der Waals surface area contributed by atoms with E-state index in [1.54, 1.807) is 0 Å². The van der Waals surface area contributed by atoms with E-state index in [0.717, 1.165) is 35.5 Å². The van der Waals surface area contributed by atoms with Gasteiger partial charge in [-0.1, -0.05) is 12.1 Å². The molecular weight excluding hydrogens is 639 g/mol. The average molecular weight is 659 g/mol. The Morgan fingerprint density at radius 1 is 1.00 bits per heavy atom. The monoisotopic (exact) mass is 658 g/mol. The minimum absolute atomic E-state index is 0.00746. The number of hydrogen-bond acceptors (Lipinski definition) is 9. The van der Waals surface area contributed by atoms with Crippen LogP contribution in [0, 0.1) is 17.1 Å². The maximum absolute atomic E-state index is 15.1. The zero-order valence-electron chi connectivity index (χ0n) is 23.6. The van der Waals surface area contributed by atoms with Crippen molar-refractivity contribution < 1.29 is 49.4 Å². The van der Waals surface area contributed by atoms with Gasteiger partial charge in [0.1, 0.15) is 23.3 Å². The standard InChI is InChI=1S/C30H19F5N4O6S/c1-39-22(11-26(38-39)29(32,33)13-36)18-5-3-15(17-8-21(31)20(12-40)25(10-17)46(2,41)42)7-19(18)28-27(37-14-43-28)16-4-6-23-24(9-16)45-30(34,35)44-23/h3-11,14,40H,12H2,1-2H3. The van der Waals surface area contributed by atoms with Gasteiger partial charge in [0.15, 0.2) is 33.5 Å². The van der Waals surface area contributed by atoms with Gasteiger partial charge in [-0.15, -0.1) is 8.78 Å². The lowest BCUT2D eigenvalue weighted by Crippen LogP contribution is -2.25. The topological polar surface area (TPSA) is 140 Å². The average Bonchev–Trinajstić information content (AvgIpc) is 3.71. The highest BCUT2D eigenvalue weighted by Crippen LogP contribution is 2.46. The fraction of sp³-hybridized carbons (Fsp3) is 0.167. The summed E-state index contributed by atoms with van der Waals surface area (Å²) < 4.78 is 112. The summed E-state index contributed by atoms with van der Waals surface area (Å²) in [6, 6.07) is 12.3. The predicted molar refractivity (Wildman–Crippen MR) is 150 cm³/mol. The summed E-state index contributed by atoms with van der Waals surface area (Å²) in [7, 11) is -2.63. The molecule has 10 nitrogen and oxygen atoms in total. The summed E-state index contributed by atoms with van der Waals surface area (Å²) in [5, 5.41) is 22.4. The molecule has 0 saturated heterocycles. The maximum Gasteiger partial charge on any atom is 0.586 e. The van der Waals surface area contributed by atoms with E-state index in [1.165, 1.54) is 49.5 Å². The summed E-state index contributed by atoms with van der Waals surface area (Å²) in [5.41, 5.74) is -0.122. The number of ether oxygens (including phenoxy) is 2. The Morgan fingerprint density at radius 3 is 2.41 bits per heavy atom. The lowest BCUT2D eigenvalue weighted by Gasteiger charge is -2.14. The largest absolute Gasteiger partial charge is 0.586 e. The highest BCUT2D eigenvalue weighted by molar-refractivity contribution is 7.90. The van der Waals surface area contributed by atoms with E-state index in [0.29, 0.717) is 0 Å². The van der Waals surface area contributed by atoms with Crippen LogP contribution in [0.15, 0.2) is 70.3 Å². The second-order valence-electron chi connectivity index (χ2n) is 10.2. The van der Waals surface area contributed by atoms with Gasteiger partial charge in [-0.05, 0) is 53.6 Å². The van der Waals surface area contributed by atoms with Gasteiger partial charge in [0.05, 0.1) is 17.2 Å². The van der Waals surface area contributed by atoms with Crippen LogP contribution in [0.1, 0.15) is 11.3 Å². The first-order valence-corrected chi connectivity index (χ1v) is 15.0. The Hall–Kier alpha value is -5.27. The van der Waals surface area contributed by atoms with E-state index in [9.17, 15) is 31.1 Å². The van der Waals surface area contributed by atoms with Crippen molar-refractivity contribution in [2.24, 2.45) is 7.05 Å². The minimum atomic E-state index is -3.99. The molecule has 1 aliphatic rings. The van der Waals surface area contributed by atoms with Crippen molar-refractivity contribution in [3.8, 4) is 62.5 Å². The fourth-order valence-electron chi connectivity index (χ4n) is 5.07. The van der Waals surface area contributed by atoms with Crippen molar-refractivity contribution in [1.29, 1.82) is 5.26 Å². The number of aliphatic hydroxyl groups is 1. The van der Waals surface area contributed by atoms with Gasteiger partial charge in [0.25, 0.3) is 0 Å². The van der Waals surface area contributed by atoms with Gasteiger partial charge in [0.2, 0.25) is 0 Å². The molecule has 0 fully saturated rings. The summed E-state index contributed by atoms with van der Waals surface area (Å²) in [6.07, 6.45) is -1.97. The molecule has 0 aliphatic carbocycles. The molecule has 46 heavy (non-hydrogen) atoms. The van der Waals surface area contributed by atoms with E-state index in [1.807, 2.05) is 0 Å². The normalized spacial score (nSPS) is 14.0. The van der Waals surface area contributed by atoms with Crippen LogP contribution >= 0.6 is 0 Å². The number of nitriles is 1. The summed E-state index contributed by atoms with van der Waals surface area (Å²) in [5.74, 6) is -5.41. The first kappa shape index (κ1) is 30.7. The molecule has 0 saturated carbocycles. The number of aryl methyl sites for hydroxylation is 1. The van der Waals surface area contributed by atoms with E-state index < -0.39 is 50.6 Å².